The molecule has 0 aliphatic carbocycles. The maximum Gasteiger partial charge on any atom is 0.116 e. The number of hydrogen-bond donors (Lipinski definition) is 1. The van der Waals surface area contributed by atoms with Gasteiger partial charge in [0.15, 0.2) is 0 Å². The van der Waals surface area contributed by atoms with Gasteiger partial charge < -0.3 is 10.2 Å². The normalized spacial score (nSPS) is 14.9. The number of aryl methyl sites for hydroxylation is 1. The lowest BCUT2D eigenvalue weighted by molar-refractivity contribution is 0.523. The van der Waals surface area contributed by atoms with Crippen LogP contribution in [0, 0.1) is 6.92 Å². The van der Waals surface area contributed by atoms with Crippen LogP contribution in [0.3, 0.4) is 0 Å². The number of hydrogen-bond acceptors (Lipinski definition) is 4. The maximum absolute atomic E-state index is 6.56. The summed E-state index contributed by atoms with van der Waals surface area (Å²) in [6.45, 7) is 11.9. The summed E-state index contributed by atoms with van der Waals surface area (Å²) in [6.07, 6.45) is 13.9. The zero-order valence-electron chi connectivity index (χ0n) is 16.0. The van der Waals surface area contributed by atoms with E-state index in [0.29, 0.717) is 0 Å². The number of allylic oxidation sites excluding steroid dienone is 5. The molecule has 4 nitrogen and oxygen atoms in total. The van der Waals surface area contributed by atoms with Crippen molar-refractivity contribution in [3.63, 3.8) is 0 Å². The lowest BCUT2D eigenvalue weighted by Crippen LogP contribution is -2.33. The Kier molecular flexibility index (Phi) is 6.47. The largest absolute Gasteiger partial charge is 0.469 e. The molecule has 0 aliphatic rings. The van der Waals surface area contributed by atoms with E-state index in [-0.39, 0.29) is 0 Å². The number of aromatic nitrogens is 2. The number of nitrogens with zero attached hydrogens (tertiary/aromatic N) is 2. The zero-order valence-corrected chi connectivity index (χ0v) is 16.0. The summed E-state index contributed by atoms with van der Waals surface area (Å²) >= 11 is 0. The van der Waals surface area contributed by atoms with Gasteiger partial charge in [-0.2, -0.15) is 0 Å². The molecule has 2 aromatic rings. The van der Waals surface area contributed by atoms with Crippen molar-refractivity contribution < 1.29 is 4.42 Å². The van der Waals surface area contributed by atoms with E-state index in [2.05, 4.69) is 22.6 Å². The second kappa shape index (κ2) is 8.59. The molecule has 0 bridgehead atoms. The molecule has 0 saturated heterocycles. The lowest BCUT2D eigenvalue weighted by atomic mass is 9.91. The fourth-order valence-electron chi connectivity index (χ4n) is 2.45. The summed E-state index contributed by atoms with van der Waals surface area (Å²) in [4.78, 5) is 8.78. The van der Waals surface area contributed by atoms with Crippen LogP contribution in [0.5, 0.6) is 0 Å². The third-order valence-electron chi connectivity index (χ3n) is 4.22. The molecule has 0 saturated carbocycles. The molecule has 26 heavy (non-hydrogen) atoms. The van der Waals surface area contributed by atoms with Crippen LogP contribution in [0.25, 0.3) is 6.08 Å². The first-order valence-corrected chi connectivity index (χ1v) is 8.63. The Morgan fingerprint density at radius 3 is 2.73 bits per heavy atom. The predicted molar refractivity (Wildman–Crippen MR) is 107 cm³/mol. The molecule has 0 radical (unpaired) electrons. The standard InChI is InChI=1S/C22H27N3O/c1-16(2)17(3)14-20-18(4)24-15-25-21(20)22(5,23)12-8-6-7-10-19-11-9-13-26-19/h6-9,11-15H,1,10,23H2,2-5H3/b7-6-,12-8-,17-14+. The topological polar surface area (TPSA) is 64.9 Å². The Hall–Kier alpha value is -2.72. The Balaban J connectivity index is 2.23. The minimum atomic E-state index is -0.718. The van der Waals surface area contributed by atoms with Crippen molar-refractivity contribution in [2.45, 2.75) is 39.7 Å². The van der Waals surface area contributed by atoms with Crippen LogP contribution >= 0.6 is 0 Å². The van der Waals surface area contributed by atoms with Gasteiger partial charge in [0.05, 0.1) is 17.5 Å². The fourth-order valence-corrected chi connectivity index (χ4v) is 2.45. The summed E-state index contributed by atoms with van der Waals surface area (Å²) in [6, 6.07) is 3.84. The zero-order chi connectivity index (χ0) is 19.2. The highest BCUT2D eigenvalue weighted by molar-refractivity contribution is 5.62. The van der Waals surface area contributed by atoms with Gasteiger partial charge in [-0.15, -0.1) is 0 Å². The van der Waals surface area contributed by atoms with E-state index in [9.17, 15) is 0 Å². The van der Waals surface area contributed by atoms with Crippen molar-refractivity contribution in [2.24, 2.45) is 5.73 Å². The van der Waals surface area contributed by atoms with Gasteiger partial charge in [0, 0.05) is 17.7 Å². The average molecular weight is 349 g/mol. The molecule has 1 atom stereocenters. The van der Waals surface area contributed by atoms with E-state index >= 15 is 0 Å². The van der Waals surface area contributed by atoms with Gasteiger partial charge in [-0.05, 0) is 51.5 Å². The van der Waals surface area contributed by atoms with Crippen LogP contribution in [0.15, 0.2) is 71.2 Å². The lowest BCUT2D eigenvalue weighted by Gasteiger charge is -2.22. The molecule has 2 aromatic heterocycles. The van der Waals surface area contributed by atoms with Gasteiger partial charge in [-0.3, -0.25) is 0 Å². The Morgan fingerprint density at radius 1 is 1.31 bits per heavy atom. The summed E-state index contributed by atoms with van der Waals surface area (Å²) < 4.78 is 5.30. The Labute approximate surface area is 155 Å². The van der Waals surface area contributed by atoms with Gasteiger partial charge in [0.1, 0.15) is 12.1 Å². The van der Waals surface area contributed by atoms with E-state index in [1.807, 2.05) is 64.1 Å². The molecule has 136 valence electrons. The Morgan fingerprint density at radius 2 is 2.08 bits per heavy atom. The SMILES string of the molecule is C=C(C)/C(C)=C/c1c(C)ncnc1C(C)(N)/C=C\C=C/Cc1ccco1. The smallest absolute Gasteiger partial charge is 0.116 e. The minimum Gasteiger partial charge on any atom is -0.469 e. The van der Waals surface area contributed by atoms with Crippen molar-refractivity contribution in [3.8, 4) is 0 Å². The van der Waals surface area contributed by atoms with E-state index in [0.717, 1.165) is 40.3 Å². The maximum atomic E-state index is 6.56. The molecule has 1 unspecified atom stereocenters. The molecule has 2 N–H and O–H groups in total. The van der Waals surface area contributed by atoms with Crippen LogP contribution in [0.4, 0.5) is 0 Å². The molecule has 2 rings (SSSR count). The molecule has 0 aliphatic heterocycles. The first-order valence-electron chi connectivity index (χ1n) is 8.63. The van der Waals surface area contributed by atoms with Crippen molar-refractivity contribution in [1.29, 1.82) is 0 Å². The number of rotatable bonds is 7. The molecule has 0 spiro atoms. The van der Waals surface area contributed by atoms with Crippen LogP contribution in [0.1, 0.15) is 43.5 Å². The summed E-state index contributed by atoms with van der Waals surface area (Å²) in [7, 11) is 0. The van der Waals surface area contributed by atoms with Gasteiger partial charge >= 0.3 is 0 Å². The molecule has 4 heteroatoms. The first kappa shape index (κ1) is 19.6. The quantitative estimate of drug-likeness (QED) is 0.723. The number of nitrogens with two attached hydrogens (primary N) is 1. The second-order valence-corrected chi connectivity index (χ2v) is 6.68. The highest BCUT2D eigenvalue weighted by atomic mass is 16.3. The van der Waals surface area contributed by atoms with Crippen LogP contribution in [0.2, 0.25) is 0 Å². The van der Waals surface area contributed by atoms with E-state index < -0.39 is 5.54 Å². The van der Waals surface area contributed by atoms with Gasteiger partial charge in [0.2, 0.25) is 0 Å². The van der Waals surface area contributed by atoms with Crippen molar-refractivity contribution in [2.75, 3.05) is 0 Å². The van der Waals surface area contributed by atoms with Gasteiger partial charge in [-0.25, -0.2) is 9.97 Å². The van der Waals surface area contributed by atoms with Crippen LogP contribution in [-0.2, 0) is 12.0 Å². The number of furan rings is 1. The monoisotopic (exact) mass is 349 g/mol. The molecule has 2 heterocycles. The molecular weight excluding hydrogens is 322 g/mol. The van der Waals surface area contributed by atoms with Crippen molar-refractivity contribution >= 4 is 6.08 Å². The predicted octanol–water partition coefficient (Wildman–Crippen LogP) is 4.89. The summed E-state index contributed by atoms with van der Waals surface area (Å²) in [5.74, 6) is 0.930. The highest BCUT2D eigenvalue weighted by Gasteiger charge is 2.23. The Bertz CT molecular complexity index is 840. The van der Waals surface area contributed by atoms with E-state index in [4.69, 9.17) is 10.2 Å². The van der Waals surface area contributed by atoms with Crippen LogP contribution in [-0.4, -0.2) is 9.97 Å². The second-order valence-electron chi connectivity index (χ2n) is 6.68. The van der Waals surface area contributed by atoms with Crippen LogP contribution < -0.4 is 5.73 Å². The van der Waals surface area contributed by atoms with E-state index in [1.54, 1.807) is 12.6 Å². The summed E-state index contributed by atoms with van der Waals surface area (Å²) in [5.41, 5.74) is 10.6. The fraction of sp³-hybridized carbons (Fsp3) is 0.273. The van der Waals surface area contributed by atoms with Crippen molar-refractivity contribution in [3.05, 3.63) is 89.5 Å². The van der Waals surface area contributed by atoms with Gasteiger partial charge in [-0.1, -0.05) is 36.5 Å². The highest BCUT2D eigenvalue weighted by Crippen LogP contribution is 2.25. The molecule has 0 amide bonds. The average Bonchev–Trinajstić information content (AvgIpc) is 3.09. The first-order chi connectivity index (χ1) is 12.3. The van der Waals surface area contributed by atoms with E-state index in [1.165, 1.54) is 0 Å². The molecular formula is C22H27N3O. The molecule has 0 fully saturated rings. The third-order valence-corrected chi connectivity index (χ3v) is 4.22. The third kappa shape index (κ3) is 5.14. The van der Waals surface area contributed by atoms with Gasteiger partial charge in [0.25, 0.3) is 0 Å². The summed E-state index contributed by atoms with van der Waals surface area (Å²) in [5, 5.41) is 0. The molecule has 0 aromatic carbocycles. The minimum absolute atomic E-state index is 0.718. The van der Waals surface area contributed by atoms with Crippen molar-refractivity contribution in [1.82, 2.24) is 9.97 Å².